The number of hydrogen-bond acceptors (Lipinski definition) is 1. The number of aliphatic imine (C=N–C) groups is 2. The van der Waals surface area contributed by atoms with Crippen LogP contribution in [0.5, 0.6) is 0 Å². The molecule has 78 valence electrons. The second-order valence-corrected chi connectivity index (χ2v) is 3.19. The van der Waals surface area contributed by atoms with Crippen molar-refractivity contribution in [2.45, 2.75) is 13.3 Å². The van der Waals surface area contributed by atoms with Gasteiger partial charge in [-0.3, -0.25) is 4.99 Å². The van der Waals surface area contributed by atoms with Crippen LogP contribution in [0.25, 0.3) is 6.08 Å². The molecule has 0 aliphatic rings. The molecule has 0 aliphatic heterocycles. The SMILES string of the molecule is C=Cc1ccc(C(N=C)=NCCC)cc1. The fourth-order valence-electron chi connectivity index (χ4n) is 1.22. The quantitative estimate of drug-likeness (QED) is 0.527. The van der Waals surface area contributed by atoms with Crippen molar-refractivity contribution < 1.29 is 0 Å². The minimum Gasteiger partial charge on any atom is -0.266 e. The summed E-state index contributed by atoms with van der Waals surface area (Å²) >= 11 is 0. The average Bonchev–Trinajstić information content (AvgIpc) is 2.31. The molecule has 0 unspecified atom stereocenters. The minimum absolute atomic E-state index is 0.715. The first-order valence-electron chi connectivity index (χ1n) is 5.06. The summed E-state index contributed by atoms with van der Waals surface area (Å²) in [5.41, 5.74) is 2.10. The van der Waals surface area contributed by atoms with Crippen LogP contribution in [0, 0.1) is 0 Å². The molecule has 0 aromatic heterocycles. The summed E-state index contributed by atoms with van der Waals surface area (Å²) < 4.78 is 0. The van der Waals surface area contributed by atoms with E-state index in [4.69, 9.17) is 0 Å². The van der Waals surface area contributed by atoms with E-state index in [0.29, 0.717) is 5.84 Å². The van der Waals surface area contributed by atoms with Crippen molar-refractivity contribution in [1.29, 1.82) is 0 Å². The van der Waals surface area contributed by atoms with E-state index in [1.54, 1.807) is 0 Å². The highest BCUT2D eigenvalue weighted by Gasteiger charge is 1.99. The molecule has 0 aliphatic carbocycles. The first-order chi connectivity index (χ1) is 7.31. The minimum atomic E-state index is 0.715. The van der Waals surface area contributed by atoms with Crippen molar-refractivity contribution in [2.75, 3.05) is 6.54 Å². The van der Waals surface area contributed by atoms with E-state index < -0.39 is 0 Å². The van der Waals surface area contributed by atoms with Gasteiger partial charge in [0.15, 0.2) is 5.84 Å². The lowest BCUT2D eigenvalue weighted by molar-refractivity contribution is 0.930. The highest BCUT2D eigenvalue weighted by molar-refractivity contribution is 6.01. The fourth-order valence-corrected chi connectivity index (χ4v) is 1.22. The standard InChI is InChI=1S/C13H16N2/c1-4-10-15-13(14-3)12-8-6-11(5-2)7-9-12/h5-9H,2-4,10H2,1H3. The number of benzene rings is 1. The van der Waals surface area contributed by atoms with Gasteiger partial charge in [-0.25, -0.2) is 4.99 Å². The Morgan fingerprint density at radius 3 is 2.47 bits per heavy atom. The van der Waals surface area contributed by atoms with Gasteiger partial charge in [0.1, 0.15) is 0 Å². The largest absolute Gasteiger partial charge is 0.266 e. The topological polar surface area (TPSA) is 24.7 Å². The Balaban J connectivity index is 2.92. The van der Waals surface area contributed by atoms with Crippen LogP contribution in [-0.2, 0) is 0 Å². The summed E-state index contributed by atoms with van der Waals surface area (Å²) in [6.07, 6.45) is 2.83. The molecule has 1 aromatic rings. The third kappa shape index (κ3) is 3.17. The molecular formula is C13H16N2. The van der Waals surface area contributed by atoms with E-state index in [1.807, 2.05) is 30.3 Å². The van der Waals surface area contributed by atoms with Crippen LogP contribution in [0.3, 0.4) is 0 Å². The predicted molar refractivity (Wildman–Crippen MR) is 67.8 cm³/mol. The van der Waals surface area contributed by atoms with Gasteiger partial charge in [0, 0.05) is 12.1 Å². The highest BCUT2D eigenvalue weighted by atomic mass is 14.9. The van der Waals surface area contributed by atoms with Crippen molar-refractivity contribution in [3.05, 3.63) is 42.0 Å². The molecule has 0 atom stereocenters. The van der Waals surface area contributed by atoms with E-state index in [9.17, 15) is 0 Å². The van der Waals surface area contributed by atoms with Gasteiger partial charge in [0.05, 0.1) is 0 Å². The van der Waals surface area contributed by atoms with E-state index >= 15 is 0 Å². The number of rotatable bonds is 4. The van der Waals surface area contributed by atoms with E-state index in [-0.39, 0.29) is 0 Å². The lowest BCUT2D eigenvalue weighted by Gasteiger charge is -2.01. The lowest BCUT2D eigenvalue weighted by Crippen LogP contribution is -1.97. The average molecular weight is 200 g/mol. The van der Waals surface area contributed by atoms with Crippen LogP contribution >= 0.6 is 0 Å². The number of amidine groups is 1. The molecule has 0 saturated carbocycles. The van der Waals surface area contributed by atoms with Crippen molar-refractivity contribution in [2.24, 2.45) is 9.98 Å². The molecule has 0 fully saturated rings. The van der Waals surface area contributed by atoms with Gasteiger partial charge >= 0.3 is 0 Å². The van der Waals surface area contributed by atoms with Crippen LogP contribution < -0.4 is 0 Å². The Labute approximate surface area is 91.1 Å². The van der Waals surface area contributed by atoms with E-state index in [2.05, 4.69) is 30.2 Å². The Hall–Kier alpha value is -1.70. The number of nitrogens with zero attached hydrogens (tertiary/aromatic N) is 2. The summed E-state index contributed by atoms with van der Waals surface area (Å²) in [6, 6.07) is 7.96. The Morgan fingerprint density at radius 2 is 2.00 bits per heavy atom. The summed E-state index contributed by atoms with van der Waals surface area (Å²) in [7, 11) is 0. The van der Waals surface area contributed by atoms with Crippen LogP contribution in [0.1, 0.15) is 24.5 Å². The van der Waals surface area contributed by atoms with Gasteiger partial charge in [-0.15, -0.1) is 0 Å². The summed E-state index contributed by atoms with van der Waals surface area (Å²) in [4.78, 5) is 8.27. The molecule has 0 bridgehead atoms. The Bertz CT molecular complexity index is 361. The van der Waals surface area contributed by atoms with Gasteiger partial charge in [-0.1, -0.05) is 43.8 Å². The van der Waals surface area contributed by atoms with Crippen molar-refractivity contribution in [3.63, 3.8) is 0 Å². The first-order valence-corrected chi connectivity index (χ1v) is 5.06. The molecule has 2 nitrogen and oxygen atoms in total. The fraction of sp³-hybridized carbons (Fsp3) is 0.231. The predicted octanol–water partition coefficient (Wildman–Crippen LogP) is 3.19. The Morgan fingerprint density at radius 1 is 1.33 bits per heavy atom. The summed E-state index contributed by atoms with van der Waals surface area (Å²) in [5, 5.41) is 0. The molecule has 15 heavy (non-hydrogen) atoms. The maximum atomic E-state index is 4.35. The maximum absolute atomic E-state index is 4.35. The molecule has 0 saturated heterocycles. The van der Waals surface area contributed by atoms with Crippen molar-refractivity contribution in [1.82, 2.24) is 0 Å². The van der Waals surface area contributed by atoms with Gasteiger partial charge < -0.3 is 0 Å². The van der Waals surface area contributed by atoms with Crippen LogP contribution in [-0.4, -0.2) is 19.1 Å². The zero-order valence-electron chi connectivity index (χ0n) is 9.11. The summed E-state index contributed by atoms with van der Waals surface area (Å²) in [6.45, 7) is 10.1. The molecule has 0 N–H and O–H groups in total. The van der Waals surface area contributed by atoms with Crippen molar-refractivity contribution >= 4 is 18.6 Å². The highest BCUT2D eigenvalue weighted by Crippen LogP contribution is 2.07. The van der Waals surface area contributed by atoms with Gasteiger partial charge in [-0.2, -0.15) is 0 Å². The Kier molecular flexibility index (Phi) is 4.48. The first kappa shape index (κ1) is 11.4. The normalized spacial score (nSPS) is 11.1. The van der Waals surface area contributed by atoms with E-state index in [1.165, 1.54) is 0 Å². The molecule has 0 spiro atoms. The van der Waals surface area contributed by atoms with Crippen LogP contribution in [0.2, 0.25) is 0 Å². The van der Waals surface area contributed by atoms with E-state index in [0.717, 1.165) is 24.1 Å². The lowest BCUT2D eigenvalue weighted by atomic mass is 10.1. The zero-order valence-corrected chi connectivity index (χ0v) is 9.11. The molecule has 0 amide bonds. The molecular weight excluding hydrogens is 184 g/mol. The molecule has 2 heteroatoms. The van der Waals surface area contributed by atoms with Crippen LogP contribution in [0.4, 0.5) is 0 Å². The van der Waals surface area contributed by atoms with Crippen LogP contribution in [0.15, 0.2) is 40.8 Å². The second-order valence-electron chi connectivity index (χ2n) is 3.19. The molecule has 1 rings (SSSR count). The van der Waals surface area contributed by atoms with Gasteiger partial charge in [0.25, 0.3) is 0 Å². The molecule has 0 heterocycles. The third-order valence-corrected chi connectivity index (χ3v) is 2.04. The zero-order chi connectivity index (χ0) is 11.1. The van der Waals surface area contributed by atoms with Crippen molar-refractivity contribution in [3.8, 4) is 0 Å². The smallest absolute Gasteiger partial charge is 0.153 e. The monoisotopic (exact) mass is 200 g/mol. The maximum Gasteiger partial charge on any atom is 0.153 e. The molecule has 1 aromatic carbocycles. The van der Waals surface area contributed by atoms with Gasteiger partial charge in [-0.05, 0) is 18.7 Å². The number of hydrogen-bond donors (Lipinski definition) is 0. The second kappa shape index (κ2) is 5.91. The van der Waals surface area contributed by atoms with Gasteiger partial charge in [0.2, 0.25) is 0 Å². The third-order valence-electron chi connectivity index (χ3n) is 2.04. The summed E-state index contributed by atoms with van der Waals surface area (Å²) in [5.74, 6) is 0.715. The molecule has 0 radical (unpaired) electrons.